The topological polar surface area (TPSA) is 132 Å². The lowest BCUT2D eigenvalue weighted by Crippen LogP contribution is -2.29. The van der Waals surface area contributed by atoms with E-state index in [1.165, 1.54) is 6.20 Å². The van der Waals surface area contributed by atoms with E-state index < -0.39 is 4.92 Å². The lowest BCUT2D eigenvalue weighted by Gasteiger charge is -2.26. The van der Waals surface area contributed by atoms with Gasteiger partial charge in [-0.15, -0.1) is 0 Å². The zero-order valence-electron chi connectivity index (χ0n) is 15.4. The number of nitrogens with one attached hydrogen (secondary N) is 2. The summed E-state index contributed by atoms with van der Waals surface area (Å²) in [6.07, 6.45) is 7.02. The van der Waals surface area contributed by atoms with Gasteiger partial charge in [0.2, 0.25) is 11.8 Å². The fourth-order valence-corrected chi connectivity index (χ4v) is 3.24. The molecule has 1 aliphatic carbocycles. The molecule has 3 rings (SSSR count). The van der Waals surface area contributed by atoms with E-state index in [0.29, 0.717) is 25.0 Å². The highest BCUT2D eigenvalue weighted by molar-refractivity contribution is 5.57. The summed E-state index contributed by atoms with van der Waals surface area (Å²) in [6.45, 7) is 3.07. The molecule has 0 atom stereocenters. The van der Waals surface area contributed by atoms with Gasteiger partial charge in [0.1, 0.15) is 6.20 Å². The number of aryl methyl sites for hydroxylation is 1. The molecule has 0 radical (unpaired) electrons. The van der Waals surface area contributed by atoms with Gasteiger partial charge in [0.15, 0.2) is 0 Å². The molecule has 0 spiro atoms. The molecule has 144 valence electrons. The van der Waals surface area contributed by atoms with Crippen LogP contribution in [0.15, 0.2) is 24.5 Å². The maximum Gasteiger partial charge on any atom is 0.329 e. The van der Waals surface area contributed by atoms with Crippen LogP contribution in [0.4, 0.5) is 17.5 Å². The number of pyridine rings is 1. The lowest BCUT2D eigenvalue weighted by molar-refractivity contribution is -0.384. The molecule has 0 aromatic carbocycles. The minimum atomic E-state index is -0.464. The number of hydrogen-bond donors (Lipinski definition) is 3. The lowest BCUT2D eigenvalue weighted by atomic mass is 9.86. The average molecular weight is 371 g/mol. The Bertz CT molecular complexity index is 791. The van der Waals surface area contributed by atoms with E-state index in [-0.39, 0.29) is 17.5 Å². The summed E-state index contributed by atoms with van der Waals surface area (Å²) in [5, 5.41) is 17.5. The predicted octanol–water partition coefficient (Wildman–Crippen LogP) is 2.63. The standard InChI is InChI=1S/C18H25N7O2/c1-12-14(3-2-8-20-12)10-22-18-23-11-16(25(26)27)17(24-18)21-9-13-4-6-15(19)7-5-13/h2-3,8,11,13,15H,4-7,9-10,19H2,1H3,(H2,21,22,23,24). The highest BCUT2D eigenvalue weighted by atomic mass is 16.6. The molecule has 2 aromatic heterocycles. The van der Waals surface area contributed by atoms with Gasteiger partial charge in [0.25, 0.3) is 0 Å². The Labute approximate surface area is 158 Å². The van der Waals surface area contributed by atoms with Crippen molar-refractivity contribution in [3.63, 3.8) is 0 Å². The second kappa shape index (κ2) is 8.72. The summed E-state index contributed by atoms with van der Waals surface area (Å²) in [6, 6.07) is 4.11. The molecule has 4 N–H and O–H groups in total. The summed E-state index contributed by atoms with van der Waals surface area (Å²) < 4.78 is 0. The highest BCUT2D eigenvalue weighted by Gasteiger charge is 2.21. The van der Waals surface area contributed by atoms with Gasteiger partial charge >= 0.3 is 5.69 Å². The monoisotopic (exact) mass is 371 g/mol. The van der Waals surface area contributed by atoms with Crippen molar-refractivity contribution in [2.24, 2.45) is 11.7 Å². The van der Waals surface area contributed by atoms with Crippen LogP contribution in [-0.2, 0) is 6.54 Å². The quantitative estimate of drug-likeness (QED) is 0.500. The van der Waals surface area contributed by atoms with Crippen LogP contribution in [0.3, 0.4) is 0 Å². The van der Waals surface area contributed by atoms with E-state index in [1.54, 1.807) is 6.20 Å². The fraction of sp³-hybridized carbons (Fsp3) is 0.500. The van der Waals surface area contributed by atoms with E-state index in [0.717, 1.165) is 36.9 Å². The van der Waals surface area contributed by atoms with Gasteiger partial charge in [0, 0.05) is 31.0 Å². The smallest absolute Gasteiger partial charge is 0.329 e. The third-order valence-corrected chi connectivity index (χ3v) is 4.97. The maximum atomic E-state index is 11.3. The predicted molar refractivity (Wildman–Crippen MR) is 103 cm³/mol. The number of hydrogen-bond acceptors (Lipinski definition) is 8. The molecule has 9 nitrogen and oxygen atoms in total. The molecule has 2 heterocycles. The summed E-state index contributed by atoms with van der Waals surface area (Å²) in [5.74, 6) is 1.04. The zero-order valence-corrected chi connectivity index (χ0v) is 15.4. The minimum Gasteiger partial charge on any atom is -0.364 e. The number of nitrogens with two attached hydrogens (primary N) is 1. The molecule has 0 amide bonds. The fourth-order valence-electron chi connectivity index (χ4n) is 3.24. The zero-order chi connectivity index (χ0) is 19.2. The molecular weight excluding hydrogens is 346 g/mol. The van der Waals surface area contributed by atoms with Crippen LogP contribution in [0, 0.1) is 23.0 Å². The Morgan fingerprint density at radius 1 is 1.26 bits per heavy atom. The van der Waals surface area contributed by atoms with E-state index in [1.807, 2.05) is 19.1 Å². The first-order chi connectivity index (χ1) is 13.0. The van der Waals surface area contributed by atoms with E-state index >= 15 is 0 Å². The molecule has 2 aromatic rings. The number of rotatable bonds is 7. The van der Waals surface area contributed by atoms with Crippen molar-refractivity contribution < 1.29 is 4.92 Å². The van der Waals surface area contributed by atoms with Crippen LogP contribution in [0.25, 0.3) is 0 Å². The second-order valence-electron chi connectivity index (χ2n) is 6.95. The Kier molecular flexibility index (Phi) is 6.12. The highest BCUT2D eigenvalue weighted by Crippen LogP contribution is 2.26. The molecule has 27 heavy (non-hydrogen) atoms. The van der Waals surface area contributed by atoms with Gasteiger partial charge in [0.05, 0.1) is 4.92 Å². The number of aromatic nitrogens is 3. The maximum absolute atomic E-state index is 11.3. The van der Waals surface area contributed by atoms with Crippen molar-refractivity contribution >= 4 is 17.5 Å². The molecule has 1 aliphatic rings. The van der Waals surface area contributed by atoms with Crippen LogP contribution in [-0.4, -0.2) is 32.5 Å². The van der Waals surface area contributed by atoms with Gasteiger partial charge in [-0.1, -0.05) is 6.07 Å². The van der Waals surface area contributed by atoms with Crippen LogP contribution < -0.4 is 16.4 Å². The molecule has 0 aliphatic heterocycles. The first-order valence-corrected chi connectivity index (χ1v) is 9.18. The molecule has 0 unspecified atom stereocenters. The molecule has 9 heteroatoms. The van der Waals surface area contributed by atoms with Crippen molar-refractivity contribution in [1.82, 2.24) is 15.0 Å². The summed E-state index contributed by atoms with van der Waals surface area (Å²) in [7, 11) is 0. The van der Waals surface area contributed by atoms with Crippen molar-refractivity contribution in [2.45, 2.75) is 45.2 Å². The van der Waals surface area contributed by atoms with Crippen molar-refractivity contribution in [3.05, 3.63) is 45.9 Å². The first-order valence-electron chi connectivity index (χ1n) is 9.18. The third-order valence-electron chi connectivity index (χ3n) is 4.97. The average Bonchev–Trinajstić information content (AvgIpc) is 2.67. The first kappa shape index (κ1) is 19.0. The van der Waals surface area contributed by atoms with E-state index in [9.17, 15) is 10.1 Å². The van der Waals surface area contributed by atoms with Crippen molar-refractivity contribution in [2.75, 3.05) is 17.2 Å². The second-order valence-corrected chi connectivity index (χ2v) is 6.95. The molecular formula is C18H25N7O2. The van der Waals surface area contributed by atoms with E-state index in [2.05, 4.69) is 25.6 Å². The van der Waals surface area contributed by atoms with Crippen molar-refractivity contribution in [1.29, 1.82) is 0 Å². The summed E-state index contributed by atoms with van der Waals surface area (Å²) >= 11 is 0. The van der Waals surface area contributed by atoms with Gasteiger partial charge < -0.3 is 16.4 Å². The van der Waals surface area contributed by atoms with Crippen LogP contribution >= 0.6 is 0 Å². The Morgan fingerprint density at radius 3 is 2.74 bits per heavy atom. The molecule has 1 saturated carbocycles. The van der Waals surface area contributed by atoms with Crippen LogP contribution in [0.2, 0.25) is 0 Å². The number of anilines is 2. The van der Waals surface area contributed by atoms with Crippen LogP contribution in [0.5, 0.6) is 0 Å². The Balaban J connectivity index is 1.67. The molecule has 0 bridgehead atoms. The normalized spacial score (nSPS) is 19.5. The Hall–Kier alpha value is -2.81. The van der Waals surface area contributed by atoms with Crippen LogP contribution in [0.1, 0.15) is 36.9 Å². The summed E-state index contributed by atoms with van der Waals surface area (Å²) in [4.78, 5) is 23.5. The Morgan fingerprint density at radius 2 is 2.04 bits per heavy atom. The van der Waals surface area contributed by atoms with Gasteiger partial charge in [-0.2, -0.15) is 4.98 Å². The van der Waals surface area contributed by atoms with E-state index in [4.69, 9.17) is 5.73 Å². The van der Waals surface area contributed by atoms with Gasteiger partial charge in [-0.05, 0) is 50.2 Å². The van der Waals surface area contributed by atoms with Gasteiger partial charge in [-0.3, -0.25) is 15.1 Å². The number of nitrogens with zero attached hydrogens (tertiary/aromatic N) is 4. The molecule has 0 saturated heterocycles. The van der Waals surface area contributed by atoms with Crippen molar-refractivity contribution in [3.8, 4) is 0 Å². The molecule has 1 fully saturated rings. The number of nitro groups is 1. The minimum absolute atomic E-state index is 0.120. The third kappa shape index (κ3) is 5.10. The SMILES string of the molecule is Cc1ncccc1CNc1ncc([N+](=O)[O-])c(NCC2CCC(N)CC2)n1. The largest absolute Gasteiger partial charge is 0.364 e. The van der Waals surface area contributed by atoms with Gasteiger partial charge in [-0.25, -0.2) is 4.98 Å². The summed E-state index contributed by atoms with van der Waals surface area (Å²) in [5.41, 5.74) is 7.76.